The molecular weight excluding hydrogens is 323 g/mol. The number of likely N-dealkylation sites (tertiary alicyclic amines) is 1. The van der Waals surface area contributed by atoms with Crippen LogP contribution in [-0.2, 0) is 0 Å². The summed E-state index contributed by atoms with van der Waals surface area (Å²) >= 11 is 1.57. The Morgan fingerprint density at radius 3 is 2.83 bits per heavy atom. The monoisotopic (exact) mass is 340 g/mol. The lowest BCUT2D eigenvalue weighted by Gasteiger charge is -2.36. The number of nitrogens with zero attached hydrogens (tertiary/aromatic N) is 2. The third kappa shape index (κ3) is 2.80. The zero-order chi connectivity index (χ0) is 16.5. The van der Waals surface area contributed by atoms with Crippen LogP contribution < -0.4 is 0 Å². The Balaban J connectivity index is 1.66. The molecule has 3 aromatic rings. The van der Waals surface area contributed by atoms with Gasteiger partial charge in [-0.15, -0.1) is 11.3 Å². The van der Waals surface area contributed by atoms with Gasteiger partial charge >= 0.3 is 0 Å². The van der Waals surface area contributed by atoms with Crippen LogP contribution in [0.4, 0.5) is 4.39 Å². The normalized spacial score (nSPS) is 18.0. The molecule has 3 nitrogen and oxygen atoms in total. The molecule has 2 heterocycles. The fourth-order valence-electron chi connectivity index (χ4n) is 3.36. The fraction of sp³-hybridized carbons (Fsp3) is 0.263. The molecule has 0 spiro atoms. The van der Waals surface area contributed by atoms with E-state index in [9.17, 15) is 9.18 Å². The minimum Gasteiger partial charge on any atom is -0.332 e. The summed E-state index contributed by atoms with van der Waals surface area (Å²) in [6, 6.07) is 12.2. The summed E-state index contributed by atoms with van der Waals surface area (Å²) in [5, 5.41) is 0. The van der Waals surface area contributed by atoms with Gasteiger partial charge in [0.15, 0.2) is 0 Å². The van der Waals surface area contributed by atoms with Crippen LogP contribution in [0.5, 0.6) is 0 Å². The fourth-order valence-corrected chi connectivity index (χ4v) is 4.02. The van der Waals surface area contributed by atoms with E-state index in [2.05, 4.69) is 4.98 Å². The molecule has 24 heavy (non-hydrogen) atoms. The number of amides is 1. The molecule has 1 aromatic heterocycles. The van der Waals surface area contributed by atoms with E-state index < -0.39 is 0 Å². The molecule has 1 fully saturated rings. The maximum absolute atomic E-state index is 13.2. The van der Waals surface area contributed by atoms with Gasteiger partial charge in [0.25, 0.3) is 5.91 Å². The lowest BCUT2D eigenvalue weighted by molar-refractivity contribution is 0.0611. The quantitative estimate of drug-likeness (QED) is 0.671. The first-order valence-electron chi connectivity index (χ1n) is 8.12. The van der Waals surface area contributed by atoms with Crippen molar-refractivity contribution in [3.05, 3.63) is 64.9 Å². The second kappa shape index (κ2) is 6.32. The van der Waals surface area contributed by atoms with Crippen LogP contribution in [0.2, 0.25) is 0 Å². The third-order valence-electron chi connectivity index (χ3n) is 4.60. The average Bonchev–Trinajstić information content (AvgIpc) is 3.09. The Kier molecular flexibility index (Phi) is 4.02. The van der Waals surface area contributed by atoms with Gasteiger partial charge in [-0.25, -0.2) is 9.37 Å². The summed E-state index contributed by atoms with van der Waals surface area (Å²) in [7, 11) is 0. The third-order valence-corrected chi connectivity index (χ3v) is 5.41. The lowest BCUT2D eigenvalue weighted by Crippen LogP contribution is -2.38. The highest BCUT2D eigenvalue weighted by atomic mass is 32.1. The van der Waals surface area contributed by atoms with Crippen LogP contribution in [0.3, 0.4) is 0 Å². The predicted octanol–water partition coefficient (Wildman–Crippen LogP) is 4.80. The van der Waals surface area contributed by atoms with Gasteiger partial charge in [-0.3, -0.25) is 4.79 Å². The number of piperidine rings is 1. The van der Waals surface area contributed by atoms with E-state index in [1.165, 1.54) is 12.1 Å². The van der Waals surface area contributed by atoms with E-state index in [0.29, 0.717) is 5.56 Å². The van der Waals surface area contributed by atoms with Crippen molar-refractivity contribution >= 4 is 27.5 Å². The summed E-state index contributed by atoms with van der Waals surface area (Å²) in [6.07, 6.45) is 3.00. The van der Waals surface area contributed by atoms with Gasteiger partial charge in [0.2, 0.25) is 0 Å². The van der Waals surface area contributed by atoms with Crippen molar-refractivity contribution in [1.29, 1.82) is 0 Å². The number of aromatic nitrogens is 1. The minimum atomic E-state index is -0.249. The summed E-state index contributed by atoms with van der Waals surface area (Å²) < 4.78 is 14.3. The Morgan fingerprint density at radius 1 is 1.17 bits per heavy atom. The lowest BCUT2D eigenvalue weighted by atomic mass is 9.94. The van der Waals surface area contributed by atoms with E-state index >= 15 is 0 Å². The maximum Gasteiger partial charge on any atom is 0.254 e. The number of benzene rings is 2. The molecule has 5 heteroatoms. The molecule has 1 aliphatic heterocycles. The van der Waals surface area contributed by atoms with E-state index in [1.807, 2.05) is 23.1 Å². The topological polar surface area (TPSA) is 33.2 Å². The van der Waals surface area contributed by atoms with Crippen molar-refractivity contribution in [2.75, 3.05) is 6.54 Å². The molecule has 0 unspecified atom stereocenters. The SMILES string of the molecule is O=C(c1ccc2scnc2c1)N1CCCC[C@@H]1c1ccc(F)cc1. The molecule has 0 N–H and O–H groups in total. The summed E-state index contributed by atoms with van der Waals surface area (Å²) in [6.45, 7) is 0.732. The van der Waals surface area contributed by atoms with Crippen molar-refractivity contribution < 1.29 is 9.18 Å². The number of carbonyl (C=O) groups is 1. The number of carbonyl (C=O) groups excluding carboxylic acids is 1. The number of thiazole rings is 1. The first kappa shape index (κ1) is 15.3. The van der Waals surface area contributed by atoms with E-state index in [4.69, 9.17) is 0 Å². The highest BCUT2D eigenvalue weighted by molar-refractivity contribution is 7.16. The van der Waals surface area contributed by atoms with Crippen molar-refractivity contribution in [1.82, 2.24) is 9.88 Å². The van der Waals surface area contributed by atoms with Gasteiger partial charge < -0.3 is 4.90 Å². The molecule has 0 radical (unpaired) electrons. The second-order valence-corrected chi connectivity index (χ2v) is 6.98. The standard InChI is InChI=1S/C19H17FN2OS/c20-15-7-4-13(5-8-15)17-3-1-2-10-22(17)19(23)14-6-9-18-16(11-14)21-12-24-18/h4-9,11-12,17H,1-3,10H2/t17-/m1/s1. The highest BCUT2D eigenvalue weighted by Gasteiger charge is 2.28. The number of rotatable bonds is 2. The second-order valence-electron chi connectivity index (χ2n) is 6.10. The predicted molar refractivity (Wildman–Crippen MR) is 93.6 cm³/mol. The van der Waals surface area contributed by atoms with E-state index in [0.717, 1.165) is 41.6 Å². The van der Waals surface area contributed by atoms with Crippen LogP contribution in [0, 0.1) is 5.82 Å². The van der Waals surface area contributed by atoms with Crippen molar-refractivity contribution in [3.63, 3.8) is 0 Å². The number of hydrogen-bond donors (Lipinski definition) is 0. The molecule has 1 saturated heterocycles. The van der Waals surface area contributed by atoms with Gasteiger partial charge in [0.05, 0.1) is 21.8 Å². The zero-order valence-electron chi connectivity index (χ0n) is 13.1. The van der Waals surface area contributed by atoms with Gasteiger partial charge in [-0.05, 0) is 55.2 Å². The molecule has 0 aliphatic carbocycles. The average molecular weight is 340 g/mol. The van der Waals surface area contributed by atoms with E-state index in [-0.39, 0.29) is 17.8 Å². The number of hydrogen-bond acceptors (Lipinski definition) is 3. The van der Waals surface area contributed by atoms with Crippen molar-refractivity contribution in [2.45, 2.75) is 25.3 Å². The van der Waals surface area contributed by atoms with Crippen LogP contribution in [0.15, 0.2) is 48.0 Å². The minimum absolute atomic E-state index is 0.0120. The molecule has 1 amide bonds. The number of fused-ring (bicyclic) bond motifs is 1. The van der Waals surface area contributed by atoms with Gasteiger partial charge in [-0.1, -0.05) is 12.1 Å². The Hall–Kier alpha value is -2.27. The van der Waals surface area contributed by atoms with Crippen LogP contribution >= 0.6 is 11.3 Å². The summed E-state index contributed by atoms with van der Waals surface area (Å²) in [4.78, 5) is 19.3. The van der Waals surface area contributed by atoms with Crippen molar-refractivity contribution in [3.8, 4) is 0 Å². The number of halogens is 1. The molecule has 4 rings (SSSR count). The Morgan fingerprint density at radius 2 is 2.00 bits per heavy atom. The zero-order valence-corrected chi connectivity index (χ0v) is 13.9. The van der Waals surface area contributed by atoms with Crippen LogP contribution in [0.25, 0.3) is 10.2 Å². The smallest absolute Gasteiger partial charge is 0.254 e. The Labute approximate surface area is 143 Å². The van der Waals surface area contributed by atoms with Crippen LogP contribution in [-0.4, -0.2) is 22.3 Å². The van der Waals surface area contributed by atoms with Crippen molar-refractivity contribution in [2.24, 2.45) is 0 Å². The summed E-state index contributed by atoms with van der Waals surface area (Å²) in [5.74, 6) is -0.222. The molecule has 0 bridgehead atoms. The largest absolute Gasteiger partial charge is 0.332 e. The summed E-state index contributed by atoms with van der Waals surface area (Å²) in [5.41, 5.74) is 4.32. The molecular formula is C19H17FN2OS. The van der Waals surface area contributed by atoms with Gasteiger partial charge in [0.1, 0.15) is 5.82 Å². The first-order valence-corrected chi connectivity index (χ1v) is 9.00. The Bertz CT molecular complexity index is 874. The van der Waals surface area contributed by atoms with E-state index in [1.54, 1.807) is 29.0 Å². The molecule has 1 aliphatic rings. The molecule has 0 saturated carbocycles. The maximum atomic E-state index is 13.2. The molecule has 122 valence electrons. The molecule has 2 aromatic carbocycles. The van der Waals surface area contributed by atoms with Crippen LogP contribution in [0.1, 0.15) is 41.2 Å². The highest BCUT2D eigenvalue weighted by Crippen LogP contribution is 2.32. The van der Waals surface area contributed by atoms with Gasteiger partial charge in [0, 0.05) is 12.1 Å². The molecule has 1 atom stereocenters. The van der Waals surface area contributed by atoms with Gasteiger partial charge in [-0.2, -0.15) is 0 Å². The first-order chi connectivity index (χ1) is 11.7.